The van der Waals surface area contributed by atoms with Crippen LogP contribution in [0.25, 0.3) is 0 Å². The molecular weight excluding hydrogens is 388 g/mol. The lowest BCUT2D eigenvalue weighted by molar-refractivity contribution is -0.376. The molecule has 30 heavy (non-hydrogen) atoms. The Balaban J connectivity index is 2.14. The molecule has 1 aromatic carbocycles. The van der Waals surface area contributed by atoms with Crippen molar-refractivity contribution in [3.63, 3.8) is 0 Å². The number of hydrogen-bond donors (Lipinski definition) is 1. The van der Waals surface area contributed by atoms with Crippen molar-refractivity contribution in [3.05, 3.63) is 33.9 Å². The van der Waals surface area contributed by atoms with Crippen LogP contribution in [-0.2, 0) is 27.4 Å². The highest BCUT2D eigenvalue weighted by Crippen LogP contribution is 2.42. The fourth-order valence-electron chi connectivity index (χ4n) is 3.56. The van der Waals surface area contributed by atoms with Crippen molar-refractivity contribution in [2.24, 2.45) is 0 Å². The van der Waals surface area contributed by atoms with Gasteiger partial charge in [0.25, 0.3) is 0 Å². The van der Waals surface area contributed by atoms with Crippen LogP contribution in [0.15, 0.2) is 11.6 Å². The maximum atomic E-state index is 12.0. The Kier molecular flexibility index (Phi) is 8.66. The number of benzene rings is 1. The van der Waals surface area contributed by atoms with Gasteiger partial charge in [0.05, 0.1) is 26.4 Å². The van der Waals surface area contributed by atoms with Gasteiger partial charge >= 0.3 is 5.97 Å². The third kappa shape index (κ3) is 5.11. The highest BCUT2D eigenvalue weighted by atomic mass is 16.9. The number of phenols is 1. The van der Waals surface area contributed by atoms with Gasteiger partial charge in [-0.25, -0.2) is 4.79 Å². The molecule has 0 fully saturated rings. The maximum Gasteiger partial charge on any atom is 0.342 e. The molecule has 1 N–H and O–H groups in total. The van der Waals surface area contributed by atoms with Gasteiger partial charge in [-0.3, -0.25) is 9.68 Å². The standard InChI is InChI=1S/C22H30N2O6/c1-6-29-24(30-7-2)16(12-23)11-14(3)9-8-10-17-20(25)19-18(13-28-22(19)26)15(4)21(17)27-5/h9,16,25H,6-8,10-11,13H2,1-5H3/b14-9+. The number of rotatable bonds is 11. The van der Waals surface area contributed by atoms with Gasteiger partial charge in [-0.2, -0.15) is 5.26 Å². The average Bonchev–Trinajstić information content (AvgIpc) is 3.12. The molecule has 0 radical (unpaired) electrons. The van der Waals surface area contributed by atoms with E-state index in [0.717, 1.165) is 11.1 Å². The zero-order valence-corrected chi connectivity index (χ0v) is 18.3. The van der Waals surface area contributed by atoms with Crippen molar-refractivity contribution >= 4 is 5.97 Å². The molecule has 0 spiro atoms. The van der Waals surface area contributed by atoms with Crippen molar-refractivity contribution in [1.29, 1.82) is 5.26 Å². The highest BCUT2D eigenvalue weighted by Gasteiger charge is 2.32. The number of methoxy groups -OCH3 is 1. The fraction of sp³-hybridized carbons (Fsp3) is 0.545. The van der Waals surface area contributed by atoms with Gasteiger partial charge in [-0.15, -0.1) is 0 Å². The van der Waals surface area contributed by atoms with Crippen molar-refractivity contribution in [1.82, 2.24) is 5.23 Å². The number of esters is 1. The van der Waals surface area contributed by atoms with Gasteiger partial charge in [0.1, 0.15) is 23.7 Å². The highest BCUT2D eigenvalue weighted by molar-refractivity contribution is 5.98. The van der Waals surface area contributed by atoms with Crippen molar-refractivity contribution in [2.75, 3.05) is 20.3 Å². The number of hydroxylamine groups is 2. The number of carbonyl (C=O) groups excluding carboxylic acids is 1. The molecule has 8 nitrogen and oxygen atoms in total. The first-order chi connectivity index (χ1) is 14.4. The average molecular weight is 418 g/mol. The number of phenolic OH excluding ortho intramolecular Hbond substituents is 1. The number of ether oxygens (including phenoxy) is 2. The van der Waals surface area contributed by atoms with Crippen molar-refractivity contribution in [3.8, 4) is 17.6 Å². The van der Waals surface area contributed by atoms with E-state index in [2.05, 4.69) is 6.07 Å². The lowest BCUT2D eigenvalue weighted by Crippen LogP contribution is -2.34. The third-order valence-electron chi connectivity index (χ3n) is 4.97. The van der Waals surface area contributed by atoms with Crippen LogP contribution in [0.2, 0.25) is 0 Å². The Labute approximate surface area is 177 Å². The molecule has 1 unspecified atom stereocenters. The second-order valence-corrected chi connectivity index (χ2v) is 6.97. The summed E-state index contributed by atoms with van der Waals surface area (Å²) in [5.41, 5.74) is 3.28. The van der Waals surface area contributed by atoms with E-state index in [-0.39, 0.29) is 17.9 Å². The van der Waals surface area contributed by atoms with E-state index in [1.807, 2.05) is 33.8 Å². The summed E-state index contributed by atoms with van der Waals surface area (Å²) in [5, 5.41) is 21.4. The van der Waals surface area contributed by atoms with Crippen LogP contribution in [0.3, 0.4) is 0 Å². The first-order valence-corrected chi connectivity index (χ1v) is 10.1. The molecule has 0 bridgehead atoms. The summed E-state index contributed by atoms with van der Waals surface area (Å²) in [6.45, 7) is 8.41. The van der Waals surface area contributed by atoms with Crippen LogP contribution in [0.4, 0.5) is 0 Å². The monoisotopic (exact) mass is 418 g/mol. The molecule has 1 aliphatic rings. The maximum absolute atomic E-state index is 12.0. The fourth-order valence-corrected chi connectivity index (χ4v) is 3.56. The Morgan fingerprint density at radius 1 is 1.37 bits per heavy atom. The number of nitrogens with zero attached hydrogens (tertiary/aromatic N) is 2. The van der Waals surface area contributed by atoms with Crippen LogP contribution in [-0.4, -0.2) is 42.7 Å². The van der Waals surface area contributed by atoms with Gasteiger partial charge < -0.3 is 14.6 Å². The largest absolute Gasteiger partial charge is 0.507 e. The number of fused-ring (bicyclic) bond motifs is 1. The van der Waals surface area contributed by atoms with Crippen LogP contribution in [0, 0.1) is 18.3 Å². The first-order valence-electron chi connectivity index (χ1n) is 10.1. The number of cyclic esters (lactones) is 1. The summed E-state index contributed by atoms with van der Waals surface area (Å²) < 4.78 is 10.6. The smallest absolute Gasteiger partial charge is 0.342 e. The Bertz CT molecular complexity index is 837. The second-order valence-electron chi connectivity index (χ2n) is 6.97. The lowest BCUT2D eigenvalue weighted by Gasteiger charge is -2.24. The second kappa shape index (κ2) is 11.0. The molecule has 1 aliphatic heterocycles. The van der Waals surface area contributed by atoms with E-state index in [1.165, 1.54) is 5.23 Å². The minimum absolute atomic E-state index is 0.0743. The van der Waals surface area contributed by atoms with E-state index in [1.54, 1.807) is 7.11 Å². The van der Waals surface area contributed by atoms with Crippen LogP contribution in [0.5, 0.6) is 11.5 Å². The minimum atomic E-state index is -0.568. The molecule has 0 saturated heterocycles. The van der Waals surface area contributed by atoms with Crippen LogP contribution < -0.4 is 4.74 Å². The van der Waals surface area contributed by atoms with Crippen LogP contribution >= 0.6 is 0 Å². The zero-order chi connectivity index (χ0) is 22.3. The quantitative estimate of drug-likeness (QED) is 0.329. The normalized spacial score (nSPS) is 14.4. The molecule has 0 saturated carbocycles. The van der Waals surface area contributed by atoms with E-state index in [9.17, 15) is 15.2 Å². The lowest BCUT2D eigenvalue weighted by atomic mass is 9.94. The van der Waals surface area contributed by atoms with E-state index in [4.69, 9.17) is 19.1 Å². The van der Waals surface area contributed by atoms with Gasteiger partial charge in [0.2, 0.25) is 0 Å². The molecular formula is C22H30N2O6. The Morgan fingerprint density at radius 3 is 2.60 bits per heavy atom. The van der Waals surface area contributed by atoms with E-state index < -0.39 is 12.0 Å². The summed E-state index contributed by atoms with van der Waals surface area (Å²) in [4.78, 5) is 22.8. The third-order valence-corrected chi connectivity index (χ3v) is 4.97. The summed E-state index contributed by atoms with van der Waals surface area (Å²) in [5.74, 6) is -0.0100. The molecule has 0 aromatic heterocycles. The summed E-state index contributed by atoms with van der Waals surface area (Å²) in [7, 11) is 1.55. The number of carbonyl (C=O) groups is 1. The zero-order valence-electron chi connectivity index (χ0n) is 18.3. The van der Waals surface area contributed by atoms with Gasteiger partial charge in [-0.1, -0.05) is 11.6 Å². The molecule has 0 amide bonds. The minimum Gasteiger partial charge on any atom is -0.507 e. The summed E-state index contributed by atoms with van der Waals surface area (Å²) >= 11 is 0. The number of hydrogen-bond acceptors (Lipinski definition) is 8. The first kappa shape index (κ1) is 23.7. The van der Waals surface area contributed by atoms with E-state index in [0.29, 0.717) is 49.4 Å². The van der Waals surface area contributed by atoms with Gasteiger partial charge in [-0.05, 0) is 51.3 Å². The SMILES string of the molecule is CCON(OCC)C(C#N)C/C(C)=C/CCc1c(O)c2c(c(C)c1OC)COC2=O. The predicted molar refractivity (Wildman–Crippen MR) is 110 cm³/mol. The number of nitriles is 1. The Hall–Kier alpha value is -2.60. The van der Waals surface area contributed by atoms with Gasteiger partial charge in [0, 0.05) is 17.5 Å². The van der Waals surface area contributed by atoms with Crippen molar-refractivity contribution < 1.29 is 29.0 Å². The molecule has 1 aromatic rings. The van der Waals surface area contributed by atoms with Crippen LogP contribution in [0.1, 0.15) is 60.7 Å². The summed E-state index contributed by atoms with van der Waals surface area (Å²) in [6.07, 6.45) is 3.53. The van der Waals surface area contributed by atoms with Crippen molar-refractivity contribution in [2.45, 2.75) is 59.6 Å². The summed E-state index contributed by atoms with van der Waals surface area (Å²) in [6, 6.07) is 1.63. The Morgan fingerprint density at radius 2 is 2.03 bits per heavy atom. The molecule has 1 atom stereocenters. The van der Waals surface area contributed by atoms with Gasteiger partial charge in [0.15, 0.2) is 6.04 Å². The molecule has 0 aliphatic carbocycles. The predicted octanol–water partition coefficient (Wildman–Crippen LogP) is 3.75. The number of aromatic hydroxyl groups is 1. The number of allylic oxidation sites excluding steroid dienone is 1. The topological polar surface area (TPSA) is 101 Å². The molecule has 2 rings (SSSR count). The molecule has 8 heteroatoms. The van der Waals surface area contributed by atoms with E-state index >= 15 is 0 Å². The molecule has 1 heterocycles. The molecule has 164 valence electrons.